The zero-order chi connectivity index (χ0) is 10.9. The number of rotatable bonds is 4. The van der Waals surface area contributed by atoms with Gasteiger partial charge >= 0.3 is 105 Å². The Labute approximate surface area is 104 Å². The summed E-state index contributed by atoms with van der Waals surface area (Å²) in [6.45, 7) is 0.588. The number of aliphatic hydroxyl groups is 1. The molecule has 0 aliphatic rings. The molecule has 13 heavy (non-hydrogen) atoms. The maximum atomic E-state index is 10.9. The monoisotopic (exact) mass is 450 g/mol. The van der Waals surface area contributed by atoms with Crippen LogP contribution in [0.5, 0.6) is 0 Å². The molecule has 80 valence electrons. The second kappa shape index (κ2) is 4.51. The van der Waals surface area contributed by atoms with Crippen molar-refractivity contribution in [2.24, 2.45) is 0 Å². The third kappa shape index (κ3) is 2.71. The van der Waals surface area contributed by atoms with Crippen LogP contribution < -0.4 is 0 Å². The first-order chi connectivity index (χ1) is 5.62. The van der Waals surface area contributed by atoms with E-state index in [1.807, 2.05) is 0 Å². The second-order valence-electron chi connectivity index (χ2n) is 2.00. The van der Waals surface area contributed by atoms with Gasteiger partial charge in [0, 0.05) is 0 Å². The van der Waals surface area contributed by atoms with Crippen molar-refractivity contribution in [1.82, 2.24) is 0 Å². The Morgan fingerprint density at radius 3 is 1.46 bits per heavy atom. The summed E-state index contributed by atoms with van der Waals surface area (Å²) >= 11 is -0.360. The van der Waals surface area contributed by atoms with Crippen LogP contribution in [-0.2, 0) is 25.2 Å². The van der Waals surface area contributed by atoms with Crippen molar-refractivity contribution < 1.29 is 26.9 Å². The molecule has 7 nitrogen and oxygen atoms in total. The Morgan fingerprint density at radius 1 is 1.08 bits per heavy atom. The van der Waals surface area contributed by atoms with E-state index < -0.39 is 24.5 Å². The molecule has 0 spiro atoms. The van der Waals surface area contributed by atoms with Gasteiger partial charge in [0.2, 0.25) is 0 Å². The Hall–Kier alpha value is 1.42. The van der Waals surface area contributed by atoms with Crippen LogP contribution in [0.2, 0.25) is 0 Å². The molecule has 0 amide bonds. The molecular weight excluding hydrogens is 444 g/mol. The van der Waals surface area contributed by atoms with Crippen molar-refractivity contribution in [3.8, 4) is 0 Å². The molecule has 0 heterocycles. The van der Waals surface area contributed by atoms with Crippen LogP contribution in [0.1, 0.15) is 6.92 Å². The molecule has 0 aromatic heterocycles. The van der Waals surface area contributed by atoms with Crippen molar-refractivity contribution in [2.45, 2.75) is 11.2 Å². The van der Waals surface area contributed by atoms with E-state index in [-0.39, 0.29) is 46.9 Å². The van der Waals surface area contributed by atoms with Crippen molar-refractivity contribution >= 4 is 67.1 Å². The van der Waals surface area contributed by atoms with E-state index in [9.17, 15) is 21.9 Å². The third-order valence-corrected chi connectivity index (χ3v) is 9.11. The van der Waals surface area contributed by atoms with Crippen LogP contribution in [0.3, 0.4) is 0 Å². The molecule has 0 aromatic carbocycles. The molecule has 0 aliphatic carbocycles. The predicted molar refractivity (Wildman–Crippen MR) is 47.7 cm³/mol. The molecule has 0 rings (SSSR count). The number of hydrogen-bond donors (Lipinski definition) is 1. The number of hydrogen-bond acceptors (Lipinski definition) is 7. The Morgan fingerprint density at radius 2 is 1.31 bits per heavy atom. The Balaban J connectivity index is 5.49. The van der Waals surface area contributed by atoms with Crippen LogP contribution in [0.15, 0.2) is 0 Å². The first-order valence-electron chi connectivity index (χ1n) is 2.60. The van der Waals surface area contributed by atoms with E-state index in [0.29, 0.717) is 6.92 Å². The molecule has 0 aromatic rings. The predicted octanol–water partition coefficient (Wildman–Crippen LogP) is -3.56. The zero-order valence-corrected chi connectivity index (χ0v) is 14.6. The maximum absolute atomic E-state index is 10.9. The molecule has 1 N–H and O–H groups in total. The molecule has 0 unspecified atom stereocenters. The second-order valence-corrected chi connectivity index (χ2v) is 9.34. The molecule has 11 heteroatoms. The van der Waals surface area contributed by atoms with Gasteiger partial charge in [0.1, 0.15) is 0 Å². The normalized spacial score (nSPS) is 14.5. The van der Waals surface area contributed by atoms with E-state index >= 15 is 0 Å². The van der Waals surface area contributed by atoms with Crippen molar-refractivity contribution in [1.29, 1.82) is 0 Å². The van der Waals surface area contributed by atoms with Crippen LogP contribution in [0.25, 0.3) is 0 Å². The van der Waals surface area contributed by atoms with Crippen molar-refractivity contribution in [3.05, 3.63) is 0 Å². The Bertz CT molecular complexity index is 329. The van der Waals surface area contributed by atoms with Gasteiger partial charge in [-0.2, -0.15) is 0 Å². The molecule has 0 saturated heterocycles. The quantitative estimate of drug-likeness (QED) is 0.441. The fourth-order valence-electron chi connectivity index (χ4n) is 0.304. The van der Waals surface area contributed by atoms with E-state index in [4.69, 9.17) is 0 Å². The Kier molecular flexibility index (Phi) is 5.00. The average Bonchev–Trinajstić information content (AvgIpc) is 2.03. The summed E-state index contributed by atoms with van der Waals surface area (Å²) in [4.78, 5) is 0. The van der Waals surface area contributed by atoms with Crippen LogP contribution >= 0.6 is 0 Å². The molecule has 0 bridgehead atoms. The minimum absolute atomic E-state index is 0.180. The summed E-state index contributed by atoms with van der Waals surface area (Å²) in [6.07, 6.45) is 0. The fourth-order valence-corrected chi connectivity index (χ4v) is 6.30. The van der Waals surface area contributed by atoms with E-state index in [1.165, 1.54) is 0 Å². The van der Waals surface area contributed by atoms with Gasteiger partial charge in [-0.3, -0.25) is 0 Å². The zero-order valence-electron chi connectivity index (χ0n) is 6.37. The van der Waals surface area contributed by atoms with E-state index in [2.05, 4.69) is 4.92 Å². The third-order valence-electron chi connectivity index (χ3n) is 1.18. The topological polar surface area (TPSA) is 107 Å². The van der Waals surface area contributed by atoms with Gasteiger partial charge in [0.15, 0.2) is 0 Å². The van der Waals surface area contributed by atoms with Gasteiger partial charge in [0.25, 0.3) is 0 Å². The van der Waals surface area contributed by atoms with E-state index in [1.54, 1.807) is 0 Å². The molecule has 0 aliphatic heterocycles. The molecule has 0 atom stereocenters. The van der Waals surface area contributed by atoms with Crippen LogP contribution in [0.4, 0.5) is 0 Å². The van der Waals surface area contributed by atoms with Crippen molar-refractivity contribution in [3.63, 3.8) is 0 Å². The molecular formula is C2H8O7S2Sb2. The summed E-state index contributed by atoms with van der Waals surface area (Å²) < 4.78 is 48.7. The van der Waals surface area contributed by atoms with Gasteiger partial charge in [-0.25, -0.2) is 0 Å². The summed E-state index contributed by atoms with van der Waals surface area (Å²) in [7, 11) is -9.09. The fraction of sp³-hybridized carbons (Fsp3) is 1.00. The van der Waals surface area contributed by atoms with Gasteiger partial charge < -0.3 is 0 Å². The summed E-state index contributed by atoms with van der Waals surface area (Å²) in [5.74, 6) is 0. The van der Waals surface area contributed by atoms with Crippen LogP contribution in [0, 0.1) is 0 Å². The molecule has 0 radical (unpaired) electrons. The van der Waals surface area contributed by atoms with Crippen molar-refractivity contribution in [2.75, 3.05) is 0 Å². The van der Waals surface area contributed by atoms with E-state index in [0.717, 1.165) is 0 Å². The van der Waals surface area contributed by atoms with Gasteiger partial charge in [-0.1, -0.05) is 0 Å². The summed E-state index contributed by atoms with van der Waals surface area (Å²) in [5.41, 5.74) is 0. The summed E-state index contributed by atoms with van der Waals surface area (Å²) in [5, 5.41) is 9.19. The van der Waals surface area contributed by atoms with Gasteiger partial charge in [0.05, 0.1) is 0 Å². The first kappa shape index (κ1) is 14.4. The van der Waals surface area contributed by atoms with Gasteiger partial charge in [-0.05, 0) is 0 Å². The molecule has 0 fully saturated rings. The average molecular weight is 452 g/mol. The van der Waals surface area contributed by atoms with Crippen LogP contribution in [-0.4, -0.2) is 73.1 Å². The first-order valence-corrected chi connectivity index (χ1v) is 8.11. The molecule has 0 saturated carbocycles. The SMILES string of the molecule is CC(O)(S(=O)(=O)[O][SbH2])S(=O)(=O)[O][SbH2]. The summed E-state index contributed by atoms with van der Waals surface area (Å²) in [6, 6.07) is 0. The standard InChI is InChI=1S/C2H6O7S2.2Sb.4H/c1-2(3,10(4,5)6)11(7,8)9;;;;;;/h3H,1H3,(H,4,5,6)(H,7,8,9);;;;;;/q;2*+1;;;;/p-2. The van der Waals surface area contributed by atoms with Gasteiger partial charge in [-0.15, -0.1) is 0 Å². The minimum atomic E-state index is -4.55.